The van der Waals surface area contributed by atoms with E-state index >= 15 is 0 Å². The van der Waals surface area contributed by atoms with E-state index in [2.05, 4.69) is 5.32 Å². The molecule has 1 heterocycles. The number of esters is 1. The van der Waals surface area contributed by atoms with Gasteiger partial charge in [-0.1, -0.05) is 6.07 Å². The Labute approximate surface area is 118 Å². The van der Waals surface area contributed by atoms with Crippen LogP contribution in [0.3, 0.4) is 0 Å². The molecule has 0 saturated carbocycles. The van der Waals surface area contributed by atoms with E-state index in [1.165, 1.54) is 12.1 Å². The number of anilines is 1. The van der Waals surface area contributed by atoms with Crippen molar-refractivity contribution in [1.82, 2.24) is 0 Å². The second-order valence-electron chi connectivity index (χ2n) is 5.07. The van der Waals surface area contributed by atoms with Crippen LogP contribution in [0.2, 0.25) is 0 Å². The highest BCUT2D eigenvalue weighted by molar-refractivity contribution is 5.84. The van der Waals surface area contributed by atoms with Crippen LogP contribution in [0.4, 0.5) is 10.1 Å². The molecule has 1 N–H and O–H groups in total. The molecule has 0 spiro atoms. The molecule has 1 fully saturated rings. The number of nitrogens with one attached hydrogen (secondary N) is 1. The Morgan fingerprint density at radius 2 is 2.40 bits per heavy atom. The normalized spacial score (nSPS) is 26.1. The summed E-state index contributed by atoms with van der Waals surface area (Å²) in [6.45, 7) is 4.49. The van der Waals surface area contributed by atoms with Crippen LogP contribution in [-0.2, 0) is 14.3 Å². The van der Waals surface area contributed by atoms with E-state index < -0.39 is 5.54 Å². The van der Waals surface area contributed by atoms with Gasteiger partial charge in [-0.2, -0.15) is 0 Å². The Kier molecular flexibility index (Phi) is 4.60. The van der Waals surface area contributed by atoms with E-state index in [1.54, 1.807) is 19.1 Å². The molecule has 1 saturated heterocycles. The first kappa shape index (κ1) is 14.8. The molecule has 0 aliphatic carbocycles. The minimum atomic E-state index is -0.846. The van der Waals surface area contributed by atoms with Crippen LogP contribution in [0.15, 0.2) is 24.3 Å². The van der Waals surface area contributed by atoms with Crippen molar-refractivity contribution in [1.29, 1.82) is 0 Å². The fourth-order valence-corrected chi connectivity index (χ4v) is 2.55. The third kappa shape index (κ3) is 3.28. The van der Waals surface area contributed by atoms with Gasteiger partial charge in [-0.15, -0.1) is 0 Å². The molecular formula is C15H20FNO3. The van der Waals surface area contributed by atoms with Crippen molar-refractivity contribution in [2.75, 3.05) is 18.5 Å². The van der Waals surface area contributed by atoms with Crippen LogP contribution < -0.4 is 5.32 Å². The van der Waals surface area contributed by atoms with E-state index in [4.69, 9.17) is 9.47 Å². The molecule has 20 heavy (non-hydrogen) atoms. The topological polar surface area (TPSA) is 47.6 Å². The van der Waals surface area contributed by atoms with Crippen LogP contribution in [0.1, 0.15) is 26.7 Å². The minimum Gasteiger partial charge on any atom is -0.464 e. The Hall–Kier alpha value is -1.62. The Balaban J connectivity index is 2.24. The molecular weight excluding hydrogens is 261 g/mol. The summed E-state index contributed by atoms with van der Waals surface area (Å²) in [6.07, 6.45) is 0.962. The molecule has 0 radical (unpaired) electrons. The second kappa shape index (κ2) is 6.22. The number of benzene rings is 1. The number of carbonyl (C=O) groups excluding carboxylic acids is 1. The van der Waals surface area contributed by atoms with Gasteiger partial charge in [0.1, 0.15) is 11.4 Å². The predicted octanol–water partition coefficient (Wildman–Crippen LogP) is 2.74. The highest BCUT2D eigenvalue weighted by atomic mass is 19.1. The molecule has 110 valence electrons. The molecule has 5 heteroatoms. The maximum atomic E-state index is 13.3. The number of hydrogen-bond acceptors (Lipinski definition) is 4. The van der Waals surface area contributed by atoms with Gasteiger partial charge in [0.15, 0.2) is 0 Å². The zero-order valence-corrected chi connectivity index (χ0v) is 11.8. The first-order chi connectivity index (χ1) is 9.55. The third-order valence-electron chi connectivity index (χ3n) is 3.44. The monoisotopic (exact) mass is 281 g/mol. The number of rotatable bonds is 4. The molecule has 1 aromatic rings. The van der Waals surface area contributed by atoms with Crippen molar-refractivity contribution < 1.29 is 18.7 Å². The van der Waals surface area contributed by atoms with Crippen molar-refractivity contribution in [2.45, 2.75) is 38.3 Å². The average molecular weight is 281 g/mol. The van der Waals surface area contributed by atoms with Crippen LogP contribution in [0.25, 0.3) is 0 Å². The minimum absolute atomic E-state index is 0.0470. The van der Waals surface area contributed by atoms with E-state index in [0.717, 1.165) is 0 Å². The molecule has 2 rings (SSSR count). The number of hydrogen-bond donors (Lipinski definition) is 1. The Bertz CT molecular complexity index is 480. The molecule has 1 aliphatic heterocycles. The van der Waals surface area contributed by atoms with Crippen LogP contribution in [-0.4, -0.2) is 30.8 Å². The lowest BCUT2D eigenvalue weighted by atomic mass is 9.86. The van der Waals surface area contributed by atoms with Gasteiger partial charge in [0.05, 0.1) is 12.7 Å². The summed E-state index contributed by atoms with van der Waals surface area (Å²) in [4.78, 5) is 12.3. The van der Waals surface area contributed by atoms with Gasteiger partial charge in [0.2, 0.25) is 0 Å². The van der Waals surface area contributed by atoms with Crippen molar-refractivity contribution in [2.24, 2.45) is 0 Å². The zero-order chi connectivity index (χ0) is 14.6. The summed E-state index contributed by atoms with van der Waals surface area (Å²) in [5.74, 6) is -0.645. The lowest BCUT2D eigenvalue weighted by Gasteiger charge is -2.39. The maximum Gasteiger partial charge on any atom is 0.331 e. The van der Waals surface area contributed by atoms with Crippen LogP contribution in [0, 0.1) is 5.82 Å². The lowest BCUT2D eigenvalue weighted by Crippen LogP contribution is -2.53. The van der Waals surface area contributed by atoms with Crippen molar-refractivity contribution in [3.8, 4) is 0 Å². The van der Waals surface area contributed by atoms with Gasteiger partial charge < -0.3 is 14.8 Å². The predicted molar refractivity (Wildman–Crippen MR) is 74.0 cm³/mol. The molecule has 2 unspecified atom stereocenters. The largest absolute Gasteiger partial charge is 0.464 e. The van der Waals surface area contributed by atoms with Crippen molar-refractivity contribution in [3.63, 3.8) is 0 Å². The quantitative estimate of drug-likeness (QED) is 0.862. The van der Waals surface area contributed by atoms with Crippen LogP contribution >= 0.6 is 0 Å². The van der Waals surface area contributed by atoms with Gasteiger partial charge in [0, 0.05) is 25.1 Å². The Morgan fingerprint density at radius 1 is 1.60 bits per heavy atom. The molecule has 1 aliphatic rings. The summed E-state index contributed by atoms with van der Waals surface area (Å²) in [7, 11) is 0. The molecule has 0 amide bonds. The van der Waals surface area contributed by atoms with Gasteiger partial charge in [0.25, 0.3) is 0 Å². The summed E-state index contributed by atoms with van der Waals surface area (Å²) < 4.78 is 24.0. The van der Waals surface area contributed by atoms with Gasteiger partial charge >= 0.3 is 5.97 Å². The summed E-state index contributed by atoms with van der Waals surface area (Å²) in [5, 5.41) is 3.16. The fourth-order valence-electron chi connectivity index (χ4n) is 2.55. The molecule has 0 bridgehead atoms. The second-order valence-corrected chi connectivity index (χ2v) is 5.07. The van der Waals surface area contributed by atoms with E-state index in [9.17, 15) is 9.18 Å². The van der Waals surface area contributed by atoms with Crippen molar-refractivity contribution in [3.05, 3.63) is 30.1 Å². The number of ether oxygens (including phenoxy) is 2. The molecule has 0 aromatic heterocycles. The number of halogens is 1. The fraction of sp³-hybridized carbons (Fsp3) is 0.533. The van der Waals surface area contributed by atoms with E-state index in [0.29, 0.717) is 31.7 Å². The van der Waals surface area contributed by atoms with E-state index in [1.807, 2.05) is 6.92 Å². The first-order valence-corrected chi connectivity index (χ1v) is 6.88. The van der Waals surface area contributed by atoms with Gasteiger partial charge in [-0.3, -0.25) is 0 Å². The zero-order valence-electron chi connectivity index (χ0n) is 11.8. The molecule has 1 aromatic carbocycles. The van der Waals surface area contributed by atoms with Gasteiger partial charge in [-0.25, -0.2) is 9.18 Å². The average Bonchev–Trinajstić information content (AvgIpc) is 2.39. The van der Waals surface area contributed by atoms with Crippen molar-refractivity contribution >= 4 is 11.7 Å². The molecule has 4 nitrogen and oxygen atoms in total. The van der Waals surface area contributed by atoms with E-state index in [-0.39, 0.29) is 17.9 Å². The lowest BCUT2D eigenvalue weighted by molar-refractivity contribution is -0.153. The molecule has 2 atom stereocenters. The summed E-state index contributed by atoms with van der Waals surface area (Å²) >= 11 is 0. The summed E-state index contributed by atoms with van der Waals surface area (Å²) in [6, 6.07) is 6.10. The summed E-state index contributed by atoms with van der Waals surface area (Å²) in [5.41, 5.74) is -0.270. The maximum absolute atomic E-state index is 13.3. The highest BCUT2D eigenvalue weighted by Gasteiger charge is 2.43. The standard InChI is InChI=1S/C15H20FNO3/c1-3-19-14(18)15(7-8-20-11(2)10-15)17-13-6-4-5-12(16)9-13/h4-6,9,11,17H,3,7-8,10H2,1-2H3. The Morgan fingerprint density at radius 3 is 3.05 bits per heavy atom. The first-order valence-electron chi connectivity index (χ1n) is 6.88. The number of carbonyl (C=O) groups is 1. The smallest absolute Gasteiger partial charge is 0.331 e. The SMILES string of the molecule is CCOC(=O)C1(Nc2cccc(F)c2)CCOC(C)C1. The van der Waals surface area contributed by atoms with Crippen LogP contribution in [0.5, 0.6) is 0 Å². The third-order valence-corrected chi connectivity index (χ3v) is 3.44. The van der Waals surface area contributed by atoms with Gasteiger partial charge in [-0.05, 0) is 32.0 Å². The highest BCUT2D eigenvalue weighted by Crippen LogP contribution is 2.30.